The van der Waals surface area contributed by atoms with Gasteiger partial charge in [0.25, 0.3) is 0 Å². The number of furan rings is 1. The number of aliphatic hydroxyl groups is 1. The van der Waals surface area contributed by atoms with Crippen molar-refractivity contribution in [1.29, 1.82) is 0 Å². The minimum atomic E-state index is 0. The van der Waals surface area contributed by atoms with Crippen LogP contribution in [-0.2, 0) is 11.2 Å². The van der Waals surface area contributed by atoms with Gasteiger partial charge in [-0.15, -0.1) is 30.6 Å². The molecule has 0 atom stereocenters. The maximum Gasteiger partial charge on any atom is 0.191 e. The molecule has 120 valence electrons. The molecule has 0 aliphatic rings. The molecule has 0 radical (unpaired) electrons. The van der Waals surface area contributed by atoms with Crippen molar-refractivity contribution in [2.24, 2.45) is 4.99 Å². The fourth-order valence-electron chi connectivity index (χ4n) is 1.49. The largest absolute Gasteiger partial charge is 0.469 e. The minimum Gasteiger partial charge on any atom is -0.469 e. The van der Waals surface area contributed by atoms with Gasteiger partial charge in [0.05, 0.1) is 32.6 Å². The SMILES string of the molecule is C=CCNC(=NCCOCCO)NCCc1ccco1.I. The van der Waals surface area contributed by atoms with Crippen molar-refractivity contribution < 1.29 is 14.3 Å². The van der Waals surface area contributed by atoms with Crippen molar-refractivity contribution in [2.45, 2.75) is 6.42 Å². The van der Waals surface area contributed by atoms with Crippen molar-refractivity contribution in [3.63, 3.8) is 0 Å². The van der Waals surface area contributed by atoms with Gasteiger partial charge in [-0.05, 0) is 12.1 Å². The molecule has 0 amide bonds. The van der Waals surface area contributed by atoms with Gasteiger partial charge < -0.3 is 24.9 Å². The highest BCUT2D eigenvalue weighted by Crippen LogP contribution is 1.99. The molecule has 0 saturated heterocycles. The van der Waals surface area contributed by atoms with E-state index in [0.717, 1.165) is 18.7 Å². The minimum absolute atomic E-state index is 0. The van der Waals surface area contributed by atoms with E-state index >= 15 is 0 Å². The summed E-state index contributed by atoms with van der Waals surface area (Å²) >= 11 is 0. The molecule has 1 aromatic rings. The van der Waals surface area contributed by atoms with Gasteiger partial charge in [-0.25, -0.2) is 0 Å². The number of hydrogen-bond acceptors (Lipinski definition) is 4. The van der Waals surface area contributed by atoms with E-state index in [1.807, 2.05) is 12.1 Å². The molecule has 0 aromatic carbocycles. The summed E-state index contributed by atoms with van der Waals surface area (Å²) in [7, 11) is 0. The van der Waals surface area contributed by atoms with Gasteiger partial charge in [0, 0.05) is 19.5 Å². The maximum atomic E-state index is 8.59. The molecule has 0 spiro atoms. The summed E-state index contributed by atoms with van der Waals surface area (Å²) in [4.78, 5) is 4.36. The molecular weight excluding hydrogens is 385 g/mol. The van der Waals surface area contributed by atoms with Crippen LogP contribution in [0.5, 0.6) is 0 Å². The van der Waals surface area contributed by atoms with E-state index in [1.54, 1.807) is 12.3 Å². The average Bonchev–Trinajstić information content (AvgIpc) is 2.97. The highest BCUT2D eigenvalue weighted by Gasteiger charge is 1.99. The topological polar surface area (TPSA) is 79.0 Å². The zero-order valence-corrected chi connectivity index (χ0v) is 14.4. The summed E-state index contributed by atoms with van der Waals surface area (Å²) in [5, 5.41) is 14.9. The molecule has 7 heteroatoms. The van der Waals surface area contributed by atoms with Crippen molar-refractivity contribution >= 4 is 29.9 Å². The number of halogens is 1. The van der Waals surface area contributed by atoms with Crippen molar-refractivity contribution in [3.8, 4) is 0 Å². The lowest BCUT2D eigenvalue weighted by atomic mass is 10.3. The van der Waals surface area contributed by atoms with Crippen LogP contribution in [0.2, 0.25) is 0 Å². The second-order valence-corrected chi connectivity index (χ2v) is 3.99. The third kappa shape index (κ3) is 10.3. The van der Waals surface area contributed by atoms with Gasteiger partial charge in [-0.2, -0.15) is 0 Å². The van der Waals surface area contributed by atoms with Crippen LogP contribution in [0.25, 0.3) is 0 Å². The monoisotopic (exact) mass is 409 g/mol. The molecule has 0 fully saturated rings. The standard InChI is InChI=1S/C14H23N3O3.HI/c1-2-6-15-14(17-8-11-19-12-9-18)16-7-5-13-4-3-10-20-13;/h2-4,10,18H,1,5-9,11-12H2,(H2,15,16,17);1H. The first kappa shape index (κ1) is 19.9. The number of guanidine groups is 1. The summed E-state index contributed by atoms with van der Waals surface area (Å²) in [5.41, 5.74) is 0. The normalized spacial score (nSPS) is 10.8. The second kappa shape index (κ2) is 13.9. The van der Waals surface area contributed by atoms with Crippen molar-refractivity contribution in [1.82, 2.24) is 10.6 Å². The van der Waals surface area contributed by atoms with Crippen LogP contribution in [0, 0.1) is 0 Å². The van der Waals surface area contributed by atoms with Crippen LogP contribution in [0.3, 0.4) is 0 Å². The molecule has 6 nitrogen and oxygen atoms in total. The molecule has 1 rings (SSSR count). The highest BCUT2D eigenvalue weighted by atomic mass is 127. The summed E-state index contributed by atoms with van der Waals surface area (Å²) in [6, 6.07) is 3.82. The van der Waals surface area contributed by atoms with E-state index in [0.29, 0.717) is 32.3 Å². The molecule has 0 bridgehead atoms. The summed E-state index contributed by atoms with van der Waals surface area (Å²) in [6.45, 7) is 6.43. The van der Waals surface area contributed by atoms with E-state index in [1.165, 1.54) is 0 Å². The Morgan fingerprint density at radius 1 is 1.43 bits per heavy atom. The predicted octanol–water partition coefficient (Wildman–Crippen LogP) is 1.17. The predicted molar refractivity (Wildman–Crippen MR) is 94.2 cm³/mol. The lowest BCUT2D eigenvalue weighted by Gasteiger charge is -2.10. The molecule has 1 heterocycles. The van der Waals surface area contributed by atoms with Crippen LogP contribution in [0.15, 0.2) is 40.5 Å². The van der Waals surface area contributed by atoms with Gasteiger partial charge in [-0.1, -0.05) is 6.08 Å². The molecule has 21 heavy (non-hydrogen) atoms. The Bertz CT molecular complexity index is 383. The van der Waals surface area contributed by atoms with Crippen LogP contribution >= 0.6 is 24.0 Å². The number of nitrogens with one attached hydrogen (secondary N) is 2. The summed E-state index contributed by atoms with van der Waals surface area (Å²) < 4.78 is 10.4. The summed E-state index contributed by atoms with van der Waals surface area (Å²) in [6.07, 6.45) is 4.23. The molecule has 3 N–H and O–H groups in total. The number of nitrogens with zero attached hydrogens (tertiary/aromatic N) is 1. The zero-order chi connectivity index (χ0) is 14.5. The van der Waals surface area contributed by atoms with Crippen LogP contribution < -0.4 is 10.6 Å². The fraction of sp³-hybridized carbons (Fsp3) is 0.500. The quantitative estimate of drug-likeness (QED) is 0.178. The zero-order valence-electron chi connectivity index (χ0n) is 12.1. The van der Waals surface area contributed by atoms with Crippen molar-refractivity contribution in [3.05, 3.63) is 36.8 Å². The van der Waals surface area contributed by atoms with E-state index in [2.05, 4.69) is 22.2 Å². The Morgan fingerprint density at radius 3 is 2.95 bits per heavy atom. The highest BCUT2D eigenvalue weighted by molar-refractivity contribution is 14.0. The average molecular weight is 409 g/mol. The lowest BCUT2D eigenvalue weighted by molar-refractivity contribution is 0.0977. The first-order chi connectivity index (χ1) is 9.86. The number of aliphatic imine (C=N–C) groups is 1. The molecule has 0 unspecified atom stereocenters. The Balaban J connectivity index is 0.00000400. The first-order valence-corrected chi connectivity index (χ1v) is 6.71. The number of aliphatic hydroxyl groups excluding tert-OH is 1. The van der Waals surface area contributed by atoms with Crippen molar-refractivity contribution in [2.75, 3.05) is 39.5 Å². The third-order valence-electron chi connectivity index (χ3n) is 2.40. The van der Waals surface area contributed by atoms with Crippen LogP contribution in [-0.4, -0.2) is 50.5 Å². The molecule has 0 saturated carbocycles. The summed E-state index contributed by atoms with van der Waals surface area (Å²) in [5.74, 6) is 1.65. The number of hydrogen-bond donors (Lipinski definition) is 3. The smallest absolute Gasteiger partial charge is 0.191 e. The number of ether oxygens (including phenoxy) is 1. The Labute approximate surface area is 142 Å². The third-order valence-corrected chi connectivity index (χ3v) is 2.40. The number of rotatable bonds is 10. The van der Waals surface area contributed by atoms with Crippen LogP contribution in [0.1, 0.15) is 5.76 Å². The van der Waals surface area contributed by atoms with Gasteiger partial charge >= 0.3 is 0 Å². The van der Waals surface area contributed by atoms with E-state index in [-0.39, 0.29) is 30.6 Å². The molecule has 0 aliphatic heterocycles. The maximum absolute atomic E-state index is 8.59. The van der Waals surface area contributed by atoms with Crippen LogP contribution in [0.4, 0.5) is 0 Å². The van der Waals surface area contributed by atoms with Gasteiger partial charge in [-0.3, -0.25) is 4.99 Å². The van der Waals surface area contributed by atoms with E-state index in [9.17, 15) is 0 Å². The van der Waals surface area contributed by atoms with Gasteiger partial charge in [0.2, 0.25) is 0 Å². The van der Waals surface area contributed by atoms with E-state index < -0.39 is 0 Å². The molecule has 0 aliphatic carbocycles. The Hall–Kier alpha value is -1.06. The molecular formula is C14H24IN3O3. The van der Waals surface area contributed by atoms with Gasteiger partial charge in [0.1, 0.15) is 5.76 Å². The Kier molecular flexibility index (Phi) is 13.2. The van der Waals surface area contributed by atoms with Gasteiger partial charge in [0.15, 0.2) is 5.96 Å². The fourth-order valence-corrected chi connectivity index (χ4v) is 1.49. The Morgan fingerprint density at radius 2 is 2.29 bits per heavy atom. The molecule has 1 aromatic heterocycles. The van der Waals surface area contributed by atoms with E-state index in [4.69, 9.17) is 14.3 Å². The first-order valence-electron chi connectivity index (χ1n) is 6.71. The lowest BCUT2D eigenvalue weighted by Crippen LogP contribution is -2.38. The second-order valence-electron chi connectivity index (χ2n) is 3.99.